The Labute approximate surface area is 148 Å². The van der Waals surface area contributed by atoms with Gasteiger partial charge in [-0.1, -0.05) is 23.2 Å². The summed E-state index contributed by atoms with van der Waals surface area (Å²) in [5.41, 5.74) is 0. The van der Waals surface area contributed by atoms with E-state index in [1.54, 1.807) is 25.1 Å². The van der Waals surface area contributed by atoms with Crippen LogP contribution < -0.4 is 0 Å². The lowest BCUT2D eigenvalue weighted by Crippen LogP contribution is -2.44. The Hall–Kier alpha value is -0.950. The predicted molar refractivity (Wildman–Crippen MR) is 90.3 cm³/mol. The molecule has 2 rings (SSSR count). The van der Waals surface area contributed by atoms with Gasteiger partial charge in [-0.15, -0.1) is 11.8 Å². The predicted octanol–water partition coefficient (Wildman–Crippen LogP) is 3.17. The van der Waals surface area contributed by atoms with Crippen LogP contribution in [0.25, 0.3) is 0 Å². The molecule has 5 nitrogen and oxygen atoms in total. The Morgan fingerprint density at radius 2 is 2.13 bits per heavy atom. The highest BCUT2D eigenvalue weighted by atomic mass is 35.5. The number of rotatable bonds is 5. The lowest BCUT2D eigenvalue weighted by molar-refractivity contribution is -0.147. The summed E-state index contributed by atoms with van der Waals surface area (Å²) in [5, 5.41) is 9.85. The average molecular weight is 378 g/mol. The van der Waals surface area contributed by atoms with Crippen LogP contribution in [0.15, 0.2) is 23.1 Å². The van der Waals surface area contributed by atoms with Gasteiger partial charge in [-0.3, -0.25) is 4.79 Å². The molecule has 1 aliphatic rings. The molecule has 1 aliphatic heterocycles. The number of benzene rings is 1. The largest absolute Gasteiger partial charge is 0.480 e. The third-order valence-corrected chi connectivity index (χ3v) is 5.53. The van der Waals surface area contributed by atoms with Gasteiger partial charge < -0.3 is 14.7 Å². The van der Waals surface area contributed by atoms with Crippen molar-refractivity contribution < 1.29 is 19.4 Å². The summed E-state index contributed by atoms with van der Waals surface area (Å²) in [5.74, 6) is -1.27. The highest BCUT2D eigenvalue weighted by molar-refractivity contribution is 8.00. The molecular weight excluding hydrogens is 361 g/mol. The van der Waals surface area contributed by atoms with Crippen LogP contribution in [0.2, 0.25) is 10.0 Å². The van der Waals surface area contributed by atoms with Crippen LogP contribution in [0.5, 0.6) is 0 Å². The molecular formula is C15H17Cl2NO4S. The summed E-state index contributed by atoms with van der Waals surface area (Å²) in [6, 6.07) is 4.17. The molecule has 1 fully saturated rings. The molecule has 23 heavy (non-hydrogen) atoms. The zero-order valence-electron chi connectivity index (χ0n) is 12.7. The van der Waals surface area contributed by atoms with Gasteiger partial charge in [0.2, 0.25) is 5.91 Å². The van der Waals surface area contributed by atoms with E-state index in [1.807, 2.05) is 0 Å². The third-order valence-electron chi connectivity index (χ3n) is 3.71. The lowest BCUT2D eigenvalue weighted by Gasteiger charge is -2.24. The maximum Gasteiger partial charge on any atom is 0.326 e. The normalized spacial score (nSPS) is 22.2. The maximum absolute atomic E-state index is 12.6. The molecule has 0 bridgehead atoms. The van der Waals surface area contributed by atoms with Gasteiger partial charge >= 0.3 is 5.97 Å². The van der Waals surface area contributed by atoms with Gasteiger partial charge in [-0.2, -0.15) is 0 Å². The van der Waals surface area contributed by atoms with Crippen molar-refractivity contribution in [3.8, 4) is 0 Å². The molecule has 1 aromatic carbocycles. The third kappa shape index (κ3) is 4.32. The molecule has 1 heterocycles. The van der Waals surface area contributed by atoms with Crippen molar-refractivity contribution in [3.63, 3.8) is 0 Å². The molecule has 1 saturated heterocycles. The average Bonchev–Trinajstić information content (AvgIpc) is 2.94. The summed E-state index contributed by atoms with van der Waals surface area (Å²) < 4.78 is 5.20. The van der Waals surface area contributed by atoms with Crippen LogP contribution in [0.4, 0.5) is 0 Å². The molecule has 0 aliphatic carbocycles. The second-order valence-electron chi connectivity index (χ2n) is 5.27. The number of hydrogen-bond donors (Lipinski definition) is 1. The van der Waals surface area contributed by atoms with E-state index in [0.29, 0.717) is 21.4 Å². The summed E-state index contributed by atoms with van der Waals surface area (Å²) in [4.78, 5) is 26.1. The lowest BCUT2D eigenvalue weighted by atomic mass is 10.2. The molecule has 8 heteroatoms. The molecule has 0 aromatic heterocycles. The molecule has 0 spiro atoms. The SMILES string of the molecule is COC1CC(C(=O)O)N(C(=O)C(C)Sc2cc(Cl)ccc2Cl)C1. The van der Waals surface area contributed by atoms with Gasteiger partial charge in [-0.05, 0) is 25.1 Å². The van der Waals surface area contributed by atoms with Gasteiger partial charge in [0.15, 0.2) is 0 Å². The van der Waals surface area contributed by atoms with Crippen molar-refractivity contribution in [1.29, 1.82) is 0 Å². The van der Waals surface area contributed by atoms with Crippen molar-refractivity contribution in [1.82, 2.24) is 4.90 Å². The van der Waals surface area contributed by atoms with Crippen LogP contribution in [-0.2, 0) is 14.3 Å². The molecule has 1 N–H and O–H groups in total. The first-order valence-corrected chi connectivity index (χ1v) is 8.64. The zero-order valence-corrected chi connectivity index (χ0v) is 15.0. The van der Waals surface area contributed by atoms with Gasteiger partial charge in [0, 0.05) is 30.0 Å². The monoisotopic (exact) mass is 377 g/mol. The highest BCUT2D eigenvalue weighted by Crippen LogP contribution is 2.34. The fourth-order valence-corrected chi connectivity index (χ4v) is 3.97. The van der Waals surface area contributed by atoms with E-state index in [-0.39, 0.29) is 18.6 Å². The van der Waals surface area contributed by atoms with Crippen molar-refractivity contribution in [2.75, 3.05) is 13.7 Å². The smallest absolute Gasteiger partial charge is 0.326 e. The Morgan fingerprint density at radius 3 is 2.74 bits per heavy atom. The summed E-state index contributed by atoms with van der Waals surface area (Å²) in [6.45, 7) is 2.00. The van der Waals surface area contributed by atoms with Crippen molar-refractivity contribution in [2.45, 2.75) is 35.6 Å². The zero-order chi connectivity index (χ0) is 17.1. The number of aliphatic carboxylic acids is 1. The molecule has 0 radical (unpaired) electrons. The van der Waals surface area contributed by atoms with Crippen molar-refractivity contribution >= 4 is 46.8 Å². The molecule has 0 saturated carbocycles. The first-order valence-electron chi connectivity index (χ1n) is 7.01. The van der Waals surface area contributed by atoms with Crippen LogP contribution in [0.1, 0.15) is 13.3 Å². The van der Waals surface area contributed by atoms with Gasteiger partial charge in [-0.25, -0.2) is 4.79 Å². The molecule has 1 aromatic rings. The Balaban J connectivity index is 2.12. The van der Waals surface area contributed by atoms with E-state index in [0.717, 1.165) is 0 Å². The number of carbonyl (C=O) groups is 2. The van der Waals surface area contributed by atoms with Crippen LogP contribution in [0, 0.1) is 0 Å². The minimum Gasteiger partial charge on any atom is -0.480 e. The standard InChI is InChI=1S/C15H17Cl2NO4S/c1-8(23-13-5-9(16)3-4-11(13)17)14(19)18-7-10(22-2)6-12(18)15(20)21/h3-5,8,10,12H,6-7H2,1-2H3,(H,20,21). The van der Waals surface area contributed by atoms with Crippen LogP contribution >= 0.6 is 35.0 Å². The summed E-state index contributed by atoms with van der Waals surface area (Å²) >= 11 is 13.3. The minimum atomic E-state index is -1.02. The van der Waals surface area contributed by atoms with E-state index in [1.165, 1.54) is 23.8 Å². The Bertz CT molecular complexity index is 613. The second kappa shape index (κ2) is 7.75. The van der Waals surface area contributed by atoms with Gasteiger partial charge in [0.05, 0.1) is 16.4 Å². The number of hydrogen-bond acceptors (Lipinski definition) is 4. The number of ether oxygens (including phenoxy) is 1. The summed E-state index contributed by atoms with van der Waals surface area (Å²) in [6.07, 6.45) is 0.0411. The quantitative estimate of drug-likeness (QED) is 0.798. The van der Waals surface area contributed by atoms with E-state index in [4.69, 9.17) is 27.9 Å². The summed E-state index contributed by atoms with van der Waals surface area (Å²) in [7, 11) is 1.52. The van der Waals surface area contributed by atoms with Crippen molar-refractivity contribution in [3.05, 3.63) is 28.2 Å². The fraction of sp³-hybridized carbons (Fsp3) is 0.467. The van der Waals surface area contributed by atoms with Gasteiger partial charge in [0.25, 0.3) is 0 Å². The Morgan fingerprint density at radius 1 is 1.43 bits per heavy atom. The number of amides is 1. The number of nitrogens with zero attached hydrogens (tertiary/aromatic N) is 1. The minimum absolute atomic E-state index is 0.252. The number of likely N-dealkylation sites (tertiary alicyclic amines) is 1. The number of methoxy groups -OCH3 is 1. The number of carboxylic acid groups (broad SMARTS) is 1. The van der Waals surface area contributed by atoms with E-state index >= 15 is 0 Å². The number of thioether (sulfide) groups is 1. The number of halogens is 2. The van der Waals surface area contributed by atoms with Crippen molar-refractivity contribution in [2.24, 2.45) is 0 Å². The molecule has 126 valence electrons. The first kappa shape index (κ1) is 18.4. The van der Waals surface area contributed by atoms with Gasteiger partial charge in [0.1, 0.15) is 6.04 Å². The molecule has 1 amide bonds. The topological polar surface area (TPSA) is 66.8 Å². The highest BCUT2D eigenvalue weighted by Gasteiger charge is 2.41. The van der Waals surface area contributed by atoms with E-state index in [2.05, 4.69) is 0 Å². The second-order valence-corrected chi connectivity index (χ2v) is 7.50. The fourth-order valence-electron chi connectivity index (χ4n) is 2.49. The molecule has 3 atom stereocenters. The van der Waals surface area contributed by atoms with Crippen LogP contribution in [0.3, 0.4) is 0 Å². The van der Waals surface area contributed by atoms with Crippen LogP contribution in [-0.4, -0.2) is 52.9 Å². The molecule has 3 unspecified atom stereocenters. The first-order chi connectivity index (χ1) is 10.8. The Kier molecular flexibility index (Phi) is 6.19. The number of carbonyl (C=O) groups excluding carboxylic acids is 1. The number of carboxylic acids is 1. The maximum atomic E-state index is 12.6. The van der Waals surface area contributed by atoms with E-state index < -0.39 is 17.3 Å². The van der Waals surface area contributed by atoms with E-state index in [9.17, 15) is 14.7 Å².